The highest BCUT2D eigenvalue weighted by atomic mass is 35.5. The van der Waals surface area contributed by atoms with Gasteiger partial charge < -0.3 is 10.6 Å². The molecule has 0 heterocycles. The van der Waals surface area contributed by atoms with Crippen LogP contribution in [0.5, 0.6) is 0 Å². The van der Waals surface area contributed by atoms with Crippen LogP contribution in [0.15, 0.2) is 30.3 Å². The van der Waals surface area contributed by atoms with E-state index >= 15 is 0 Å². The third-order valence-electron chi connectivity index (χ3n) is 3.36. The first-order chi connectivity index (χ1) is 9.74. The average Bonchev–Trinajstić information content (AvgIpc) is 2.38. The Morgan fingerprint density at radius 3 is 2.27 bits per heavy atom. The Morgan fingerprint density at radius 2 is 1.82 bits per heavy atom. The van der Waals surface area contributed by atoms with Crippen LogP contribution in [0, 0.1) is 0 Å². The van der Waals surface area contributed by atoms with Crippen molar-refractivity contribution in [3.05, 3.63) is 35.9 Å². The average molecular weight is 349 g/mol. The molecule has 0 radical (unpaired) electrons. The molecular weight excluding hydrogens is 324 g/mol. The molecule has 0 fully saturated rings. The number of hydrogen-bond donors (Lipinski definition) is 1. The Bertz CT molecular complexity index is 563. The van der Waals surface area contributed by atoms with Gasteiger partial charge in [0.05, 0.1) is 5.75 Å². The minimum Gasteiger partial charge on any atom is -0.339 e. The lowest BCUT2D eigenvalue weighted by molar-refractivity contribution is -0.132. The van der Waals surface area contributed by atoms with Crippen molar-refractivity contribution < 1.29 is 13.2 Å². The molecule has 0 saturated carbocycles. The van der Waals surface area contributed by atoms with Gasteiger partial charge in [-0.1, -0.05) is 30.3 Å². The Morgan fingerprint density at radius 1 is 1.27 bits per heavy atom. The highest BCUT2D eigenvalue weighted by Gasteiger charge is 2.23. The standard InChI is InChI=1S/C15H24N2O3S.ClH/c1-4-17(12(2)11-21(3,19)20)15(18)10-14(16)13-8-6-5-7-9-13;/h5-9,12,14H,4,10-11,16H2,1-3H3;1H. The van der Waals surface area contributed by atoms with Crippen molar-refractivity contribution in [1.82, 2.24) is 4.90 Å². The Kier molecular flexibility index (Phi) is 8.66. The van der Waals surface area contributed by atoms with Gasteiger partial charge in [0.25, 0.3) is 0 Å². The van der Waals surface area contributed by atoms with Gasteiger partial charge in [-0.2, -0.15) is 0 Å². The van der Waals surface area contributed by atoms with Crippen molar-refractivity contribution in [3.8, 4) is 0 Å². The van der Waals surface area contributed by atoms with Crippen LogP contribution in [0.25, 0.3) is 0 Å². The number of halogens is 1. The van der Waals surface area contributed by atoms with E-state index in [2.05, 4.69) is 0 Å². The van der Waals surface area contributed by atoms with Crippen LogP contribution in [0.2, 0.25) is 0 Å². The number of benzene rings is 1. The summed E-state index contributed by atoms with van der Waals surface area (Å²) in [4.78, 5) is 13.9. The quantitative estimate of drug-likeness (QED) is 0.814. The predicted octanol–water partition coefficient (Wildman–Crippen LogP) is 1.78. The molecule has 126 valence electrons. The van der Waals surface area contributed by atoms with E-state index in [0.29, 0.717) is 6.54 Å². The summed E-state index contributed by atoms with van der Waals surface area (Å²) in [6.07, 6.45) is 1.35. The lowest BCUT2D eigenvalue weighted by Crippen LogP contribution is -2.43. The van der Waals surface area contributed by atoms with E-state index in [0.717, 1.165) is 5.56 Å². The first kappa shape index (κ1) is 20.9. The topological polar surface area (TPSA) is 80.5 Å². The molecule has 0 saturated heterocycles. The van der Waals surface area contributed by atoms with Gasteiger partial charge in [0.15, 0.2) is 0 Å². The molecule has 22 heavy (non-hydrogen) atoms. The molecule has 0 bridgehead atoms. The third-order valence-corrected chi connectivity index (χ3v) is 4.45. The van der Waals surface area contributed by atoms with E-state index in [4.69, 9.17) is 5.73 Å². The minimum atomic E-state index is -3.12. The summed E-state index contributed by atoms with van der Waals surface area (Å²) in [5.74, 6) is -0.155. The van der Waals surface area contributed by atoms with E-state index in [9.17, 15) is 13.2 Å². The molecule has 1 aromatic rings. The summed E-state index contributed by atoms with van der Waals surface area (Å²) in [7, 11) is -3.12. The zero-order valence-electron chi connectivity index (χ0n) is 13.2. The summed E-state index contributed by atoms with van der Waals surface area (Å²) in [6.45, 7) is 4.05. The fourth-order valence-corrected chi connectivity index (χ4v) is 3.44. The first-order valence-corrected chi connectivity index (χ1v) is 9.08. The number of carbonyl (C=O) groups excluding carboxylic acids is 1. The molecule has 0 spiro atoms. The van der Waals surface area contributed by atoms with Crippen molar-refractivity contribution in [2.45, 2.75) is 32.4 Å². The molecular formula is C15H25ClN2O3S. The maximum atomic E-state index is 12.3. The minimum absolute atomic E-state index is 0. The lowest BCUT2D eigenvalue weighted by atomic mass is 10.0. The molecule has 1 aromatic carbocycles. The maximum absolute atomic E-state index is 12.3. The van der Waals surface area contributed by atoms with Gasteiger partial charge in [0.1, 0.15) is 9.84 Å². The predicted molar refractivity (Wildman–Crippen MR) is 91.8 cm³/mol. The monoisotopic (exact) mass is 348 g/mol. The number of sulfone groups is 1. The molecule has 0 aromatic heterocycles. The van der Waals surface area contributed by atoms with Gasteiger partial charge in [0.2, 0.25) is 5.91 Å². The van der Waals surface area contributed by atoms with Gasteiger partial charge in [-0.05, 0) is 19.4 Å². The normalized spacial score (nSPS) is 13.8. The summed E-state index contributed by atoms with van der Waals surface area (Å²) < 4.78 is 22.7. The SMILES string of the molecule is CCN(C(=O)CC(N)c1ccccc1)C(C)CS(C)(=O)=O.Cl. The number of nitrogens with two attached hydrogens (primary N) is 1. The molecule has 1 rings (SSSR count). The Hall–Kier alpha value is -1.11. The Labute approximate surface area is 139 Å². The highest BCUT2D eigenvalue weighted by Crippen LogP contribution is 2.16. The van der Waals surface area contributed by atoms with Gasteiger partial charge >= 0.3 is 0 Å². The van der Waals surface area contributed by atoms with Crippen molar-refractivity contribution in [2.24, 2.45) is 5.73 Å². The number of amides is 1. The number of hydrogen-bond acceptors (Lipinski definition) is 4. The molecule has 0 aliphatic rings. The molecule has 0 aliphatic heterocycles. The van der Waals surface area contributed by atoms with Crippen LogP contribution in [0.4, 0.5) is 0 Å². The van der Waals surface area contributed by atoms with Gasteiger partial charge in [-0.15, -0.1) is 12.4 Å². The molecule has 2 N–H and O–H groups in total. The molecule has 0 aliphatic carbocycles. The van der Waals surface area contributed by atoms with Crippen molar-refractivity contribution in [1.29, 1.82) is 0 Å². The molecule has 1 amide bonds. The van der Waals surface area contributed by atoms with Crippen molar-refractivity contribution in [2.75, 3.05) is 18.6 Å². The fraction of sp³-hybridized carbons (Fsp3) is 0.533. The number of carbonyl (C=O) groups is 1. The summed E-state index contributed by atoms with van der Waals surface area (Å²) in [5.41, 5.74) is 6.95. The zero-order chi connectivity index (χ0) is 16.0. The number of rotatable bonds is 7. The van der Waals surface area contributed by atoms with Crippen LogP contribution in [-0.2, 0) is 14.6 Å². The lowest BCUT2D eigenvalue weighted by Gasteiger charge is -2.28. The summed E-state index contributed by atoms with van der Waals surface area (Å²) in [5, 5.41) is 0. The molecule has 5 nitrogen and oxygen atoms in total. The fourth-order valence-electron chi connectivity index (χ4n) is 2.39. The first-order valence-electron chi connectivity index (χ1n) is 7.02. The molecule has 2 atom stereocenters. The van der Waals surface area contributed by atoms with Crippen LogP contribution in [0.3, 0.4) is 0 Å². The maximum Gasteiger partial charge on any atom is 0.224 e. The second-order valence-electron chi connectivity index (χ2n) is 5.34. The van der Waals surface area contributed by atoms with Crippen LogP contribution < -0.4 is 5.73 Å². The molecule has 2 unspecified atom stereocenters. The van der Waals surface area contributed by atoms with E-state index in [1.54, 1.807) is 11.8 Å². The second kappa shape index (κ2) is 9.12. The van der Waals surface area contributed by atoms with Gasteiger partial charge in [-0.3, -0.25) is 4.79 Å². The highest BCUT2D eigenvalue weighted by molar-refractivity contribution is 7.90. The van der Waals surface area contributed by atoms with E-state index in [-0.39, 0.29) is 42.6 Å². The van der Waals surface area contributed by atoms with Gasteiger partial charge in [0, 0.05) is 31.3 Å². The summed E-state index contributed by atoms with van der Waals surface area (Å²) >= 11 is 0. The van der Waals surface area contributed by atoms with Crippen LogP contribution in [0.1, 0.15) is 31.9 Å². The van der Waals surface area contributed by atoms with Crippen LogP contribution in [-0.4, -0.2) is 43.8 Å². The van der Waals surface area contributed by atoms with Gasteiger partial charge in [-0.25, -0.2) is 8.42 Å². The Balaban J connectivity index is 0.00000441. The second-order valence-corrected chi connectivity index (χ2v) is 7.53. The summed E-state index contributed by atoms with van der Waals surface area (Å²) in [6, 6.07) is 8.69. The number of nitrogens with zero attached hydrogens (tertiary/aromatic N) is 1. The van der Waals surface area contributed by atoms with Crippen molar-refractivity contribution >= 4 is 28.2 Å². The largest absolute Gasteiger partial charge is 0.339 e. The van der Waals surface area contributed by atoms with E-state index in [1.165, 1.54) is 6.26 Å². The molecule has 7 heteroatoms. The smallest absolute Gasteiger partial charge is 0.224 e. The van der Waals surface area contributed by atoms with Crippen molar-refractivity contribution in [3.63, 3.8) is 0 Å². The van der Waals surface area contributed by atoms with Crippen LogP contribution >= 0.6 is 12.4 Å². The van der Waals surface area contributed by atoms with E-state index in [1.807, 2.05) is 37.3 Å². The third kappa shape index (κ3) is 6.77. The van der Waals surface area contributed by atoms with E-state index < -0.39 is 9.84 Å². The zero-order valence-corrected chi connectivity index (χ0v) is 14.9.